The Kier molecular flexibility index (Phi) is 5.84. The number of aryl methyl sites for hydroxylation is 2. The van der Waals surface area contributed by atoms with Crippen LogP contribution in [-0.4, -0.2) is 20.9 Å². The van der Waals surface area contributed by atoms with E-state index in [9.17, 15) is 4.79 Å². The summed E-state index contributed by atoms with van der Waals surface area (Å²) in [5, 5.41) is 6.13. The summed E-state index contributed by atoms with van der Waals surface area (Å²) >= 11 is 0. The first kappa shape index (κ1) is 20.0. The van der Waals surface area contributed by atoms with E-state index in [1.807, 2.05) is 44.2 Å². The molecule has 4 rings (SSSR count). The fourth-order valence-corrected chi connectivity index (χ4v) is 2.92. The normalized spacial score (nSPS) is 10.4. The molecular weight excluding hydrogens is 390 g/mol. The highest BCUT2D eigenvalue weighted by atomic mass is 16.5. The molecule has 0 fully saturated rings. The molecule has 0 aliphatic heterocycles. The van der Waals surface area contributed by atoms with E-state index >= 15 is 0 Å². The van der Waals surface area contributed by atoms with Gasteiger partial charge in [-0.2, -0.15) is 0 Å². The Balaban J connectivity index is 1.36. The van der Waals surface area contributed by atoms with Gasteiger partial charge >= 0.3 is 0 Å². The Morgan fingerprint density at radius 2 is 1.48 bits per heavy atom. The number of anilines is 3. The van der Waals surface area contributed by atoms with Crippen molar-refractivity contribution < 1.29 is 9.53 Å². The average molecular weight is 411 g/mol. The summed E-state index contributed by atoms with van der Waals surface area (Å²) in [5.74, 6) is 0.879. The van der Waals surface area contributed by atoms with Crippen molar-refractivity contribution >= 4 is 23.0 Å². The predicted molar refractivity (Wildman–Crippen MR) is 120 cm³/mol. The fraction of sp³-hybridized carbons (Fsp3) is 0.0833. The molecule has 1 aromatic carbocycles. The molecular formula is C24H21N5O2. The SMILES string of the molecule is Cc1cc(Nc2ccc(C(=O)Nc3ccc(Oc4ccnc(C)c4)nc3)cc2)ccn1. The third-order valence-electron chi connectivity index (χ3n) is 4.42. The highest BCUT2D eigenvalue weighted by Gasteiger charge is 2.07. The molecule has 154 valence electrons. The largest absolute Gasteiger partial charge is 0.439 e. The summed E-state index contributed by atoms with van der Waals surface area (Å²) in [7, 11) is 0. The molecule has 0 unspecified atom stereocenters. The van der Waals surface area contributed by atoms with Crippen LogP contribution in [0.2, 0.25) is 0 Å². The fourth-order valence-electron chi connectivity index (χ4n) is 2.92. The third-order valence-corrected chi connectivity index (χ3v) is 4.42. The molecule has 7 heteroatoms. The van der Waals surface area contributed by atoms with Crippen LogP contribution >= 0.6 is 0 Å². The molecule has 0 saturated heterocycles. The molecule has 0 bridgehead atoms. The van der Waals surface area contributed by atoms with Crippen LogP contribution in [0.5, 0.6) is 11.6 Å². The molecule has 2 N–H and O–H groups in total. The number of benzene rings is 1. The van der Waals surface area contributed by atoms with Crippen LogP contribution in [0, 0.1) is 13.8 Å². The maximum absolute atomic E-state index is 12.5. The number of rotatable bonds is 6. The molecule has 1 amide bonds. The van der Waals surface area contributed by atoms with Crippen LogP contribution < -0.4 is 15.4 Å². The summed E-state index contributed by atoms with van der Waals surface area (Å²) in [6, 6.07) is 18.1. The second-order valence-corrected chi connectivity index (χ2v) is 6.96. The van der Waals surface area contributed by atoms with Crippen molar-refractivity contribution in [2.24, 2.45) is 0 Å². The van der Waals surface area contributed by atoms with Crippen molar-refractivity contribution in [3.8, 4) is 11.6 Å². The van der Waals surface area contributed by atoms with Gasteiger partial charge in [0.1, 0.15) is 5.75 Å². The number of ether oxygens (including phenoxy) is 1. The van der Waals surface area contributed by atoms with Crippen molar-refractivity contribution in [3.63, 3.8) is 0 Å². The van der Waals surface area contributed by atoms with E-state index in [0.717, 1.165) is 22.8 Å². The number of carbonyl (C=O) groups is 1. The predicted octanol–water partition coefficient (Wildman–Crippen LogP) is 5.28. The molecule has 3 aromatic heterocycles. The van der Waals surface area contributed by atoms with Gasteiger partial charge in [-0.1, -0.05) is 0 Å². The Morgan fingerprint density at radius 1 is 0.774 bits per heavy atom. The lowest BCUT2D eigenvalue weighted by atomic mass is 10.2. The van der Waals surface area contributed by atoms with E-state index in [1.54, 1.807) is 48.9 Å². The zero-order valence-corrected chi connectivity index (χ0v) is 17.2. The standard InChI is InChI=1S/C24H21N5O2/c1-16-13-20(9-11-25-16)28-19-5-3-18(4-6-19)24(30)29-21-7-8-23(27-15-21)31-22-10-12-26-17(2)14-22/h3-15H,1-2H3,(H,25,28)(H,29,30). The monoisotopic (exact) mass is 411 g/mol. The number of hydrogen-bond donors (Lipinski definition) is 2. The maximum Gasteiger partial charge on any atom is 0.255 e. The molecule has 31 heavy (non-hydrogen) atoms. The summed E-state index contributed by atoms with van der Waals surface area (Å²) in [4.78, 5) is 25.1. The number of hydrogen-bond acceptors (Lipinski definition) is 6. The molecule has 4 aromatic rings. The van der Waals surface area contributed by atoms with Gasteiger partial charge in [-0.05, 0) is 62.4 Å². The van der Waals surface area contributed by atoms with Crippen molar-refractivity contribution in [3.05, 3.63) is 96.2 Å². The summed E-state index contributed by atoms with van der Waals surface area (Å²) in [6.45, 7) is 3.83. The van der Waals surface area contributed by atoms with Gasteiger partial charge in [0.05, 0.1) is 11.9 Å². The molecule has 0 aliphatic rings. The Hall–Kier alpha value is -4.26. The molecule has 7 nitrogen and oxygen atoms in total. The van der Waals surface area contributed by atoms with Gasteiger partial charge < -0.3 is 15.4 Å². The van der Waals surface area contributed by atoms with Gasteiger partial charge in [-0.15, -0.1) is 0 Å². The van der Waals surface area contributed by atoms with Gasteiger partial charge in [-0.25, -0.2) is 4.98 Å². The van der Waals surface area contributed by atoms with Crippen LogP contribution in [-0.2, 0) is 0 Å². The van der Waals surface area contributed by atoms with E-state index in [-0.39, 0.29) is 5.91 Å². The Bertz CT molecular complexity index is 1190. The van der Waals surface area contributed by atoms with Crippen molar-refractivity contribution in [2.75, 3.05) is 10.6 Å². The lowest BCUT2D eigenvalue weighted by Crippen LogP contribution is -2.12. The molecule has 0 atom stereocenters. The van der Waals surface area contributed by atoms with Gasteiger partial charge in [0, 0.05) is 52.9 Å². The van der Waals surface area contributed by atoms with E-state index in [1.165, 1.54) is 0 Å². The number of amides is 1. The van der Waals surface area contributed by atoms with Crippen LogP contribution in [0.4, 0.5) is 17.1 Å². The molecule has 0 radical (unpaired) electrons. The number of pyridine rings is 3. The van der Waals surface area contributed by atoms with Gasteiger partial charge in [0.25, 0.3) is 5.91 Å². The highest BCUT2D eigenvalue weighted by molar-refractivity contribution is 6.04. The summed E-state index contributed by atoms with van der Waals surface area (Å²) in [5.41, 5.74) is 4.75. The van der Waals surface area contributed by atoms with Crippen molar-refractivity contribution in [2.45, 2.75) is 13.8 Å². The lowest BCUT2D eigenvalue weighted by Gasteiger charge is -2.09. The minimum absolute atomic E-state index is 0.216. The van der Waals surface area contributed by atoms with Gasteiger partial charge in [0.2, 0.25) is 5.88 Å². The number of carbonyl (C=O) groups excluding carboxylic acids is 1. The Morgan fingerprint density at radius 3 is 2.16 bits per heavy atom. The van der Waals surface area contributed by atoms with Crippen LogP contribution in [0.25, 0.3) is 0 Å². The van der Waals surface area contributed by atoms with E-state index in [4.69, 9.17) is 4.74 Å². The highest BCUT2D eigenvalue weighted by Crippen LogP contribution is 2.21. The van der Waals surface area contributed by atoms with Crippen LogP contribution in [0.1, 0.15) is 21.7 Å². The zero-order chi connectivity index (χ0) is 21.6. The first-order valence-electron chi connectivity index (χ1n) is 9.73. The van der Waals surface area contributed by atoms with Gasteiger partial charge in [0.15, 0.2) is 0 Å². The van der Waals surface area contributed by atoms with Crippen LogP contribution in [0.15, 0.2) is 79.3 Å². The van der Waals surface area contributed by atoms with E-state index < -0.39 is 0 Å². The molecule has 0 spiro atoms. The average Bonchev–Trinajstić information content (AvgIpc) is 2.76. The smallest absolute Gasteiger partial charge is 0.255 e. The summed E-state index contributed by atoms with van der Waals surface area (Å²) < 4.78 is 5.70. The third kappa shape index (κ3) is 5.42. The second-order valence-electron chi connectivity index (χ2n) is 6.96. The van der Waals surface area contributed by atoms with E-state index in [2.05, 4.69) is 25.6 Å². The first-order chi connectivity index (χ1) is 15.0. The lowest BCUT2D eigenvalue weighted by molar-refractivity contribution is 0.102. The number of nitrogens with one attached hydrogen (secondary N) is 2. The molecule has 0 saturated carbocycles. The first-order valence-corrected chi connectivity index (χ1v) is 9.73. The second kappa shape index (κ2) is 9.04. The van der Waals surface area contributed by atoms with Crippen molar-refractivity contribution in [1.82, 2.24) is 15.0 Å². The molecule has 0 aliphatic carbocycles. The zero-order valence-electron chi connectivity index (χ0n) is 17.2. The molecule has 3 heterocycles. The minimum atomic E-state index is -0.216. The van der Waals surface area contributed by atoms with Crippen LogP contribution in [0.3, 0.4) is 0 Å². The topological polar surface area (TPSA) is 89.0 Å². The summed E-state index contributed by atoms with van der Waals surface area (Å²) in [6.07, 6.45) is 4.99. The van der Waals surface area contributed by atoms with Gasteiger partial charge in [-0.3, -0.25) is 14.8 Å². The minimum Gasteiger partial charge on any atom is -0.439 e. The van der Waals surface area contributed by atoms with Crippen molar-refractivity contribution in [1.29, 1.82) is 0 Å². The number of nitrogens with zero attached hydrogens (tertiary/aromatic N) is 3. The maximum atomic E-state index is 12.5. The van der Waals surface area contributed by atoms with E-state index in [0.29, 0.717) is 22.9 Å². The number of aromatic nitrogens is 3. The quantitative estimate of drug-likeness (QED) is 0.449. The Labute approximate surface area is 180 Å².